The van der Waals surface area contributed by atoms with Crippen LogP contribution in [0.4, 0.5) is 5.88 Å². The Morgan fingerprint density at radius 2 is 1.50 bits per heavy atom. The maximum absolute atomic E-state index is 12.6. The van der Waals surface area contributed by atoms with Crippen LogP contribution in [0.5, 0.6) is 0 Å². The first-order chi connectivity index (χ1) is 13.2. The van der Waals surface area contributed by atoms with E-state index < -0.39 is 29.2 Å². The zero-order valence-electron chi connectivity index (χ0n) is 16.5. The van der Waals surface area contributed by atoms with Crippen LogP contribution in [0.2, 0.25) is 0 Å². The molecule has 1 aromatic heterocycles. The second-order valence-electron chi connectivity index (χ2n) is 6.93. The lowest BCUT2D eigenvalue weighted by molar-refractivity contribution is 0.0422. The van der Waals surface area contributed by atoms with Crippen molar-refractivity contribution in [2.75, 3.05) is 19.5 Å². The third-order valence-electron chi connectivity index (χ3n) is 3.57. The molecule has 1 aromatic carbocycles. The van der Waals surface area contributed by atoms with Gasteiger partial charge in [-0.05, 0) is 26.3 Å². The average Bonchev–Trinajstić information content (AvgIpc) is 3.03. The summed E-state index contributed by atoms with van der Waals surface area (Å²) in [5.74, 6) is -3.19. The minimum absolute atomic E-state index is 0.0312. The molecule has 0 atom stereocenters. The molecular formula is C20H23NO7. The summed E-state index contributed by atoms with van der Waals surface area (Å²) >= 11 is 0. The third kappa shape index (κ3) is 4.91. The van der Waals surface area contributed by atoms with E-state index in [2.05, 4.69) is 5.32 Å². The van der Waals surface area contributed by atoms with E-state index in [0.717, 1.165) is 19.8 Å². The van der Waals surface area contributed by atoms with E-state index in [1.807, 2.05) is 26.8 Å². The van der Waals surface area contributed by atoms with Crippen LogP contribution in [-0.2, 0) is 20.8 Å². The van der Waals surface area contributed by atoms with Crippen molar-refractivity contribution in [2.24, 2.45) is 0 Å². The lowest BCUT2D eigenvalue weighted by atomic mass is 10.1. The van der Waals surface area contributed by atoms with Gasteiger partial charge in [0.05, 0.1) is 14.2 Å². The van der Waals surface area contributed by atoms with Crippen LogP contribution in [-0.4, -0.2) is 37.7 Å². The molecule has 2 aromatic rings. The highest BCUT2D eigenvalue weighted by molar-refractivity contribution is 6.12. The van der Waals surface area contributed by atoms with Gasteiger partial charge in [0.1, 0.15) is 17.7 Å². The number of hydrogen-bond donors (Lipinski definition) is 1. The molecule has 28 heavy (non-hydrogen) atoms. The average molecular weight is 389 g/mol. The highest BCUT2D eigenvalue weighted by atomic mass is 16.6. The van der Waals surface area contributed by atoms with Gasteiger partial charge in [0.15, 0.2) is 0 Å². The fourth-order valence-corrected chi connectivity index (χ4v) is 2.39. The third-order valence-corrected chi connectivity index (χ3v) is 3.57. The number of rotatable bonds is 6. The molecule has 150 valence electrons. The van der Waals surface area contributed by atoms with Gasteiger partial charge in [0.2, 0.25) is 11.6 Å². The normalized spacial score (nSPS) is 10.9. The van der Waals surface area contributed by atoms with E-state index in [4.69, 9.17) is 18.6 Å². The molecule has 8 nitrogen and oxygen atoms in total. The van der Waals surface area contributed by atoms with Crippen LogP contribution >= 0.6 is 0 Å². The molecule has 0 aliphatic heterocycles. The Morgan fingerprint density at radius 3 is 2.04 bits per heavy atom. The van der Waals surface area contributed by atoms with E-state index in [9.17, 15) is 14.4 Å². The van der Waals surface area contributed by atoms with Gasteiger partial charge in [-0.15, -0.1) is 0 Å². The van der Waals surface area contributed by atoms with Gasteiger partial charge < -0.3 is 23.9 Å². The highest BCUT2D eigenvalue weighted by Crippen LogP contribution is 2.31. The lowest BCUT2D eigenvalue weighted by Gasteiger charge is -2.20. The molecule has 0 saturated heterocycles. The van der Waals surface area contributed by atoms with Crippen LogP contribution in [0.25, 0.3) is 0 Å². The van der Waals surface area contributed by atoms with Crippen molar-refractivity contribution in [1.29, 1.82) is 0 Å². The number of furan rings is 1. The Labute approximate surface area is 162 Å². The Kier molecular flexibility index (Phi) is 6.45. The van der Waals surface area contributed by atoms with Gasteiger partial charge in [0, 0.05) is 5.54 Å². The van der Waals surface area contributed by atoms with Crippen molar-refractivity contribution in [3.8, 4) is 0 Å². The van der Waals surface area contributed by atoms with Gasteiger partial charge >= 0.3 is 17.9 Å². The molecule has 0 spiro atoms. The molecule has 1 heterocycles. The molecule has 0 fully saturated rings. The Hall–Kier alpha value is -3.29. The van der Waals surface area contributed by atoms with Crippen LogP contribution in [0.15, 0.2) is 34.7 Å². The van der Waals surface area contributed by atoms with Gasteiger partial charge in [-0.25, -0.2) is 14.4 Å². The first-order valence-corrected chi connectivity index (χ1v) is 8.50. The van der Waals surface area contributed by atoms with Crippen LogP contribution in [0.3, 0.4) is 0 Å². The Bertz CT molecular complexity index is 863. The summed E-state index contributed by atoms with van der Waals surface area (Å²) in [6, 6.07) is 9.00. The molecule has 8 heteroatoms. The molecule has 2 rings (SSSR count). The number of esters is 3. The lowest BCUT2D eigenvalue weighted by Crippen LogP contribution is -2.27. The minimum Gasteiger partial charge on any atom is -0.465 e. The Morgan fingerprint density at radius 1 is 0.929 bits per heavy atom. The highest BCUT2D eigenvalue weighted by Gasteiger charge is 2.36. The predicted octanol–water partition coefficient (Wildman–Crippen LogP) is 3.42. The zero-order chi connectivity index (χ0) is 20.9. The number of carbonyl (C=O) groups is 3. The molecular weight excluding hydrogens is 366 g/mol. The predicted molar refractivity (Wildman–Crippen MR) is 100 cm³/mol. The largest absolute Gasteiger partial charge is 0.465 e. The van der Waals surface area contributed by atoms with E-state index in [1.165, 1.54) is 0 Å². The summed E-state index contributed by atoms with van der Waals surface area (Å²) in [6.07, 6.45) is 0. The molecule has 0 saturated carbocycles. The van der Waals surface area contributed by atoms with Crippen molar-refractivity contribution >= 4 is 23.8 Å². The van der Waals surface area contributed by atoms with Gasteiger partial charge in [-0.2, -0.15) is 0 Å². The van der Waals surface area contributed by atoms with Crippen LogP contribution in [0, 0.1) is 0 Å². The minimum atomic E-state index is -0.919. The zero-order valence-corrected chi connectivity index (χ0v) is 16.5. The van der Waals surface area contributed by atoms with Crippen molar-refractivity contribution < 1.29 is 33.0 Å². The molecule has 0 radical (unpaired) electrons. The molecule has 1 N–H and O–H groups in total. The molecule has 0 amide bonds. The number of anilines is 1. The fourth-order valence-electron chi connectivity index (χ4n) is 2.39. The number of ether oxygens (including phenoxy) is 3. The van der Waals surface area contributed by atoms with Crippen LogP contribution in [0.1, 0.15) is 57.6 Å². The number of carbonyl (C=O) groups excluding carboxylic acids is 3. The summed E-state index contributed by atoms with van der Waals surface area (Å²) in [4.78, 5) is 37.2. The standard InChI is InChI=1S/C20H23NO7/c1-20(2,3)21-16-14(18(23)26-5)13(17(22)25-4)15(28-16)19(24)27-11-12-9-7-6-8-10-12/h6-10,21H,11H2,1-5H3. The van der Waals surface area contributed by atoms with Gasteiger partial charge in [-0.3, -0.25) is 0 Å². The summed E-state index contributed by atoms with van der Waals surface area (Å²) in [7, 11) is 2.29. The molecule has 0 aliphatic carbocycles. The maximum Gasteiger partial charge on any atom is 0.375 e. The smallest absolute Gasteiger partial charge is 0.375 e. The fraction of sp³-hybridized carbons (Fsp3) is 0.350. The quantitative estimate of drug-likeness (QED) is 0.592. The van der Waals surface area contributed by atoms with E-state index >= 15 is 0 Å². The Balaban J connectivity index is 2.47. The summed E-state index contributed by atoms with van der Waals surface area (Å²) in [5, 5.41) is 2.95. The first-order valence-electron chi connectivity index (χ1n) is 8.50. The SMILES string of the molecule is COC(=O)c1c(NC(C)(C)C)oc(C(=O)OCc2ccccc2)c1C(=O)OC. The second kappa shape index (κ2) is 8.60. The molecule has 0 unspecified atom stereocenters. The van der Waals surface area contributed by atoms with E-state index in [0.29, 0.717) is 0 Å². The van der Waals surface area contributed by atoms with Crippen LogP contribution < -0.4 is 5.32 Å². The van der Waals surface area contributed by atoms with Crippen molar-refractivity contribution in [2.45, 2.75) is 32.9 Å². The summed E-state index contributed by atoms with van der Waals surface area (Å²) in [5.41, 5.74) is -0.350. The molecule has 0 aliphatic rings. The monoisotopic (exact) mass is 389 g/mol. The number of nitrogens with one attached hydrogen (secondary N) is 1. The van der Waals surface area contributed by atoms with E-state index in [1.54, 1.807) is 24.3 Å². The van der Waals surface area contributed by atoms with E-state index in [-0.39, 0.29) is 23.6 Å². The van der Waals surface area contributed by atoms with Crippen molar-refractivity contribution in [1.82, 2.24) is 0 Å². The summed E-state index contributed by atoms with van der Waals surface area (Å²) in [6.45, 7) is 5.43. The maximum atomic E-state index is 12.6. The van der Waals surface area contributed by atoms with Crippen molar-refractivity contribution in [3.05, 3.63) is 52.8 Å². The number of methoxy groups -OCH3 is 2. The molecule has 0 bridgehead atoms. The topological polar surface area (TPSA) is 104 Å². The number of hydrogen-bond acceptors (Lipinski definition) is 8. The second-order valence-corrected chi connectivity index (χ2v) is 6.93. The van der Waals surface area contributed by atoms with Crippen molar-refractivity contribution in [3.63, 3.8) is 0 Å². The summed E-state index contributed by atoms with van der Waals surface area (Å²) < 4.78 is 20.2. The first kappa shape index (κ1) is 21.0. The van der Waals surface area contributed by atoms with Gasteiger partial charge in [-0.1, -0.05) is 30.3 Å². The van der Waals surface area contributed by atoms with Gasteiger partial charge in [0.25, 0.3) is 0 Å². The number of benzene rings is 1.